The van der Waals surface area contributed by atoms with E-state index in [9.17, 15) is 0 Å². The van der Waals surface area contributed by atoms with Crippen molar-refractivity contribution < 1.29 is 0 Å². The van der Waals surface area contributed by atoms with Crippen molar-refractivity contribution >= 4 is 16.7 Å². The molecule has 0 bridgehead atoms. The molecule has 1 N–H and O–H groups in total. The van der Waals surface area contributed by atoms with E-state index in [2.05, 4.69) is 35.3 Å². The van der Waals surface area contributed by atoms with E-state index in [0.29, 0.717) is 6.04 Å². The first-order valence-electron chi connectivity index (χ1n) is 7.62. The predicted octanol–water partition coefficient (Wildman–Crippen LogP) is 3.51. The molecule has 4 heteroatoms. The fourth-order valence-corrected chi connectivity index (χ4v) is 3.55. The number of anilines is 1. The Kier molecular flexibility index (Phi) is 3.40. The van der Waals surface area contributed by atoms with E-state index >= 15 is 0 Å². The molecule has 1 fully saturated rings. The summed E-state index contributed by atoms with van der Waals surface area (Å²) in [5.41, 5.74) is 3.13. The number of pyridine rings is 1. The fourth-order valence-electron chi connectivity index (χ4n) is 3.55. The second-order valence-corrected chi connectivity index (χ2v) is 6.36. The molecule has 0 spiro atoms. The molecule has 2 aromatic rings. The Morgan fingerprint density at radius 1 is 1.25 bits per heavy atom. The molecule has 2 atom stereocenters. The van der Waals surface area contributed by atoms with Crippen LogP contribution in [0.5, 0.6) is 0 Å². The summed E-state index contributed by atoms with van der Waals surface area (Å²) in [6.45, 7) is 6.75. The van der Waals surface area contributed by atoms with Crippen molar-refractivity contribution in [2.75, 3.05) is 5.32 Å². The van der Waals surface area contributed by atoms with Crippen molar-refractivity contribution in [1.29, 1.82) is 0 Å². The van der Waals surface area contributed by atoms with Crippen LogP contribution < -0.4 is 5.32 Å². The summed E-state index contributed by atoms with van der Waals surface area (Å²) in [7, 11) is 1.95. The molecule has 3 rings (SSSR count). The molecule has 0 aromatic carbocycles. The molecular weight excluding hydrogens is 248 g/mol. The summed E-state index contributed by atoms with van der Waals surface area (Å²) in [4.78, 5) is 4.56. The quantitative estimate of drug-likeness (QED) is 0.909. The Labute approximate surface area is 120 Å². The number of aryl methyl sites for hydroxylation is 2. The zero-order valence-corrected chi connectivity index (χ0v) is 12.8. The maximum atomic E-state index is 4.56. The van der Waals surface area contributed by atoms with Gasteiger partial charge in [-0.1, -0.05) is 20.3 Å². The summed E-state index contributed by atoms with van der Waals surface area (Å²) in [5.74, 6) is 1.45. The van der Waals surface area contributed by atoms with Crippen LogP contribution in [-0.4, -0.2) is 20.8 Å². The zero-order chi connectivity index (χ0) is 14.3. The molecule has 108 valence electrons. The van der Waals surface area contributed by atoms with Crippen LogP contribution in [0.1, 0.15) is 38.8 Å². The fraction of sp³-hybridized carbons (Fsp3) is 0.625. The van der Waals surface area contributed by atoms with Gasteiger partial charge in [0.25, 0.3) is 0 Å². The molecule has 20 heavy (non-hydrogen) atoms. The van der Waals surface area contributed by atoms with Gasteiger partial charge in [0.1, 0.15) is 0 Å². The van der Waals surface area contributed by atoms with Crippen LogP contribution >= 0.6 is 0 Å². The standard InChI is InChI=1S/C16H24N4/c1-10-6-5-7-11(2)15(10)18-13-8-14-12(3)19-20(4)16(14)17-9-13/h8-11,15,18H,5-7H2,1-4H3. The van der Waals surface area contributed by atoms with Gasteiger partial charge < -0.3 is 5.32 Å². The molecule has 1 aliphatic rings. The Morgan fingerprint density at radius 2 is 1.95 bits per heavy atom. The number of nitrogens with one attached hydrogen (secondary N) is 1. The summed E-state index contributed by atoms with van der Waals surface area (Å²) in [6.07, 6.45) is 5.95. The molecule has 2 unspecified atom stereocenters. The summed E-state index contributed by atoms with van der Waals surface area (Å²) < 4.78 is 1.85. The van der Waals surface area contributed by atoms with Crippen LogP contribution in [-0.2, 0) is 7.05 Å². The van der Waals surface area contributed by atoms with Crippen molar-refractivity contribution in [1.82, 2.24) is 14.8 Å². The van der Waals surface area contributed by atoms with Gasteiger partial charge in [0.2, 0.25) is 0 Å². The van der Waals surface area contributed by atoms with Crippen molar-refractivity contribution in [3.8, 4) is 0 Å². The molecule has 0 amide bonds. The molecule has 0 radical (unpaired) electrons. The highest BCUT2D eigenvalue weighted by Gasteiger charge is 2.27. The summed E-state index contributed by atoms with van der Waals surface area (Å²) in [5, 5.41) is 9.29. The minimum absolute atomic E-state index is 0.556. The SMILES string of the molecule is Cc1nn(C)c2ncc(NC3C(C)CCCC3C)cc12. The van der Waals surface area contributed by atoms with Gasteiger partial charge in [-0.15, -0.1) is 0 Å². The van der Waals surface area contributed by atoms with Gasteiger partial charge in [-0.05, 0) is 37.7 Å². The lowest BCUT2D eigenvalue weighted by atomic mass is 9.78. The van der Waals surface area contributed by atoms with Gasteiger partial charge in [-0.2, -0.15) is 5.10 Å². The largest absolute Gasteiger partial charge is 0.381 e. The van der Waals surface area contributed by atoms with E-state index in [1.54, 1.807) is 0 Å². The number of rotatable bonds is 2. The van der Waals surface area contributed by atoms with Gasteiger partial charge in [0.05, 0.1) is 17.6 Å². The Balaban J connectivity index is 1.88. The molecule has 0 saturated heterocycles. The lowest BCUT2D eigenvalue weighted by Crippen LogP contribution is -2.37. The average Bonchev–Trinajstić information content (AvgIpc) is 2.69. The van der Waals surface area contributed by atoms with Crippen molar-refractivity contribution in [3.05, 3.63) is 18.0 Å². The number of aromatic nitrogens is 3. The van der Waals surface area contributed by atoms with Crippen LogP contribution in [0, 0.1) is 18.8 Å². The van der Waals surface area contributed by atoms with Gasteiger partial charge in [0, 0.05) is 18.5 Å². The van der Waals surface area contributed by atoms with Crippen LogP contribution in [0.2, 0.25) is 0 Å². The number of hydrogen-bond donors (Lipinski definition) is 1. The van der Waals surface area contributed by atoms with E-state index in [0.717, 1.165) is 34.3 Å². The minimum atomic E-state index is 0.556. The first-order chi connectivity index (χ1) is 9.56. The molecule has 1 saturated carbocycles. The van der Waals surface area contributed by atoms with Crippen molar-refractivity contribution in [3.63, 3.8) is 0 Å². The topological polar surface area (TPSA) is 42.7 Å². The number of hydrogen-bond acceptors (Lipinski definition) is 3. The highest BCUT2D eigenvalue weighted by Crippen LogP contribution is 2.31. The van der Waals surface area contributed by atoms with E-state index in [1.165, 1.54) is 19.3 Å². The normalized spacial score (nSPS) is 26.9. The third kappa shape index (κ3) is 2.28. The molecule has 0 aliphatic heterocycles. The van der Waals surface area contributed by atoms with Crippen LogP contribution in [0.25, 0.3) is 11.0 Å². The first kappa shape index (κ1) is 13.4. The Hall–Kier alpha value is -1.58. The second kappa shape index (κ2) is 5.08. The Morgan fingerprint density at radius 3 is 2.65 bits per heavy atom. The summed E-state index contributed by atoms with van der Waals surface area (Å²) >= 11 is 0. The van der Waals surface area contributed by atoms with Gasteiger partial charge in [0.15, 0.2) is 5.65 Å². The second-order valence-electron chi connectivity index (χ2n) is 6.36. The van der Waals surface area contributed by atoms with Gasteiger partial charge in [-0.3, -0.25) is 4.68 Å². The lowest BCUT2D eigenvalue weighted by Gasteiger charge is -2.35. The molecule has 2 aromatic heterocycles. The third-order valence-electron chi connectivity index (χ3n) is 4.74. The maximum absolute atomic E-state index is 4.56. The molecule has 2 heterocycles. The monoisotopic (exact) mass is 272 g/mol. The van der Waals surface area contributed by atoms with Crippen LogP contribution in [0.4, 0.5) is 5.69 Å². The van der Waals surface area contributed by atoms with Gasteiger partial charge >= 0.3 is 0 Å². The van der Waals surface area contributed by atoms with E-state index in [-0.39, 0.29) is 0 Å². The highest BCUT2D eigenvalue weighted by molar-refractivity contribution is 5.81. The molecular formula is C16H24N4. The van der Waals surface area contributed by atoms with Gasteiger partial charge in [-0.25, -0.2) is 4.98 Å². The lowest BCUT2D eigenvalue weighted by molar-refractivity contribution is 0.268. The maximum Gasteiger partial charge on any atom is 0.157 e. The van der Waals surface area contributed by atoms with Crippen molar-refractivity contribution in [2.24, 2.45) is 18.9 Å². The third-order valence-corrected chi connectivity index (χ3v) is 4.74. The molecule has 4 nitrogen and oxygen atoms in total. The zero-order valence-electron chi connectivity index (χ0n) is 12.8. The van der Waals surface area contributed by atoms with E-state index in [4.69, 9.17) is 0 Å². The predicted molar refractivity (Wildman–Crippen MR) is 82.8 cm³/mol. The summed E-state index contributed by atoms with van der Waals surface area (Å²) in [6, 6.07) is 2.75. The number of fused-ring (bicyclic) bond motifs is 1. The van der Waals surface area contributed by atoms with Crippen molar-refractivity contribution in [2.45, 2.75) is 46.1 Å². The Bertz CT molecular complexity index is 606. The van der Waals surface area contributed by atoms with E-state index < -0.39 is 0 Å². The first-order valence-corrected chi connectivity index (χ1v) is 7.62. The van der Waals surface area contributed by atoms with Crippen LogP contribution in [0.3, 0.4) is 0 Å². The van der Waals surface area contributed by atoms with Crippen LogP contribution in [0.15, 0.2) is 12.3 Å². The smallest absolute Gasteiger partial charge is 0.157 e. The minimum Gasteiger partial charge on any atom is -0.381 e. The molecule has 1 aliphatic carbocycles. The highest BCUT2D eigenvalue weighted by atomic mass is 15.3. The average molecular weight is 272 g/mol. The number of nitrogens with zero attached hydrogens (tertiary/aromatic N) is 3. The van der Waals surface area contributed by atoms with E-state index in [1.807, 2.05) is 24.9 Å².